The minimum absolute atomic E-state index is 0. The lowest BCUT2D eigenvalue weighted by Gasteiger charge is -2.22. The van der Waals surface area contributed by atoms with Gasteiger partial charge in [-0.05, 0) is 43.5 Å². The lowest BCUT2D eigenvalue weighted by molar-refractivity contribution is -0.385. The smallest absolute Gasteiger partial charge is 0.275 e. The van der Waals surface area contributed by atoms with Crippen LogP contribution >= 0.6 is 24.0 Å². The summed E-state index contributed by atoms with van der Waals surface area (Å²) in [4.78, 5) is 13.1. The fourth-order valence-electron chi connectivity index (χ4n) is 3.39. The average Bonchev–Trinajstić information content (AvgIpc) is 3.02. The summed E-state index contributed by atoms with van der Waals surface area (Å²) >= 11 is 5.85. The van der Waals surface area contributed by atoms with Crippen LogP contribution in [-0.2, 0) is 6.54 Å². The minimum atomic E-state index is -0.343. The zero-order chi connectivity index (χ0) is 14.2. The number of nitro benzene ring substituents is 1. The summed E-state index contributed by atoms with van der Waals surface area (Å²) in [5, 5.41) is 15.0. The van der Waals surface area contributed by atoms with Crippen LogP contribution in [0.3, 0.4) is 0 Å². The molecule has 0 aliphatic carbocycles. The third kappa shape index (κ3) is 3.48. The van der Waals surface area contributed by atoms with Crippen molar-refractivity contribution in [1.82, 2.24) is 10.2 Å². The van der Waals surface area contributed by atoms with Crippen LogP contribution in [0, 0.1) is 15.5 Å². The van der Waals surface area contributed by atoms with Crippen molar-refractivity contribution in [1.29, 1.82) is 0 Å². The fourth-order valence-corrected chi connectivity index (χ4v) is 3.55. The van der Waals surface area contributed by atoms with Crippen molar-refractivity contribution in [3.8, 4) is 0 Å². The molecule has 1 N–H and O–H groups in total. The summed E-state index contributed by atoms with van der Waals surface area (Å²) in [5.74, 6) is 0. The molecule has 0 saturated carbocycles. The molecule has 1 aromatic rings. The summed E-state index contributed by atoms with van der Waals surface area (Å²) in [5.41, 5.74) is 1.27. The van der Waals surface area contributed by atoms with E-state index in [4.69, 9.17) is 11.6 Å². The third-order valence-corrected chi connectivity index (χ3v) is 4.72. The number of nitrogens with zero attached hydrogens (tertiary/aromatic N) is 2. The molecule has 0 bridgehead atoms. The van der Waals surface area contributed by atoms with Crippen LogP contribution in [0.15, 0.2) is 18.2 Å². The van der Waals surface area contributed by atoms with E-state index in [-0.39, 0.29) is 23.0 Å². The van der Waals surface area contributed by atoms with Gasteiger partial charge in [-0.25, -0.2) is 0 Å². The molecule has 1 atom stereocenters. The molecule has 2 fully saturated rings. The first-order valence-electron chi connectivity index (χ1n) is 6.94. The van der Waals surface area contributed by atoms with Gasteiger partial charge in [-0.2, -0.15) is 0 Å². The number of rotatable bonds is 3. The van der Waals surface area contributed by atoms with Crippen molar-refractivity contribution in [2.45, 2.75) is 19.4 Å². The van der Waals surface area contributed by atoms with Gasteiger partial charge in [0.15, 0.2) is 0 Å². The Kier molecular flexibility index (Phi) is 5.09. The van der Waals surface area contributed by atoms with E-state index in [2.05, 4.69) is 10.2 Å². The quantitative estimate of drug-likeness (QED) is 0.683. The summed E-state index contributed by atoms with van der Waals surface area (Å²) in [7, 11) is 0. The maximum Gasteiger partial charge on any atom is 0.275 e. The van der Waals surface area contributed by atoms with Gasteiger partial charge in [0.25, 0.3) is 5.69 Å². The molecule has 2 aliphatic heterocycles. The van der Waals surface area contributed by atoms with Gasteiger partial charge in [0.2, 0.25) is 0 Å². The predicted octanol–water partition coefficient (Wildman–Crippen LogP) is 2.86. The second kappa shape index (κ2) is 6.48. The molecular weight excluding hydrogens is 313 g/mol. The maximum absolute atomic E-state index is 11.1. The molecule has 0 radical (unpaired) electrons. The van der Waals surface area contributed by atoms with Crippen LogP contribution in [0.5, 0.6) is 0 Å². The Balaban J connectivity index is 0.00000161. The van der Waals surface area contributed by atoms with E-state index in [1.165, 1.54) is 18.9 Å². The van der Waals surface area contributed by atoms with Crippen molar-refractivity contribution in [2.75, 3.05) is 26.2 Å². The lowest BCUT2D eigenvalue weighted by atomic mass is 9.86. The largest absolute Gasteiger partial charge is 0.316 e. The average molecular weight is 332 g/mol. The molecule has 1 unspecified atom stereocenters. The van der Waals surface area contributed by atoms with Gasteiger partial charge >= 0.3 is 0 Å². The highest BCUT2D eigenvalue weighted by molar-refractivity contribution is 6.30. The van der Waals surface area contributed by atoms with E-state index in [0.29, 0.717) is 17.0 Å². The number of halogens is 2. The molecule has 21 heavy (non-hydrogen) atoms. The minimum Gasteiger partial charge on any atom is -0.316 e. The highest BCUT2D eigenvalue weighted by atomic mass is 35.5. The molecule has 0 amide bonds. The van der Waals surface area contributed by atoms with Crippen LogP contribution in [0.25, 0.3) is 0 Å². The summed E-state index contributed by atoms with van der Waals surface area (Å²) < 4.78 is 0. The Morgan fingerprint density at radius 3 is 2.90 bits per heavy atom. The molecule has 0 aromatic heterocycles. The molecule has 5 nitrogen and oxygen atoms in total. The lowest BCUT2D eigenvalue weighted by Crippen LogP contribution is -2.29. The monoisotopic (exact) mass is 331 g/mol. The summed E-state index contributed by atoms with van der Waals surface area (Å²) in [6.07, 6.45) is 2.40. The molecular formula is C14H19Cl2N3O2. The van der Waals surface area contributed by atoms with E-state index in [0.717, 1.165) is 31.7 Å². The number of nitro groups is 1. The van der Waals surface area contributed by atoms with E-state index in [9.17, 15) is 10.1 Å². The van der Waals surface area contributed by atoms with Crippen LogP contribution in [0.2, 0.25) is 5.02 Å². The van der Waals surface area contributed by atoms with Gasteiger partial charge in [-0.1, -0.05) is 11.6 Å². The van der Waals surface area contributed by atoms with E-state index in [1.807, 2.05) is 0 Å². The van der Waals surface area contributed by atoms with Crippen molar-refractivity contribution < 1.29 is 4.92 Å². The molecule has 1 spiro atoms. The normalized spacial score (nSPS) is 25.2. The molecule has 7 heteroatoms. The summed E-state index contributed by atoms with van der Waals surface area (Å²) in [6, 6.07) is 4.95. The second-order valence-electron chi connectivity index (χ2n) is 5.92. The Morgan fingerprint density at radius 2 is 2.24 bits per heavy atom. The van der Waals surface area contributed by atoms with Crippen LogP contribution in [-0.4, -0.2) is 36.0 Å². The van der Waals surface area contributed by atoms with Crippen LogP contribution in [0.1, 0.15) is 18.4 Å². The zero-order valence-corrected chi connectivity index (χ0v) is 13.3. The van der Waals surface area contributed by atoms with Crippen molar-refractivity contribution in [2.24, 2.45) is 5.41 Å². The molecule has 2 heterocycles. The van der Waals surface area contributed by atoms with Crippen molar-refractivity contribution in [3.63, 3.8) is 0 Å². The molecule has 2 saturated heterocycles. The highest BCUT2D eigenvalue weighted by Gasteiger charge is 2.40. The Hall–Kier alpha value is -0.880. The number of nitrogens with one attached hydrogen (secondary N) is 1. The SMILES string of the molecule is Cl.O=[N+]([O-])c1cc(Cl)ccc1CN1CCC2(CCNC2)C1. The van der Waals surface area contributed by atoms with Gasteiger partial charge in [0, 0.05) is 36.3 Å². The number of benzene rings is 1. The topological polar surface area (TPSA) is 58.4 Å². The van der Waals surface area contributed by atoms with Gasteiger partial charge < -0.3 is 5.32 Å². The number of likely N-dealkylation sites (tertiary alicyclic amines) is 1. The maximum atomic E-state index is 11.1. The Morgan fingerprint density at radius 1 is 1.43 bits per heavy atom. The van der Waals surface area contributed by atoms with E-state index >= 15 is 0 Å². The summed E-state index contributed by atoms with van der Waals surface area (Å²) in [6.45, 7) is 4.84. The molecule has 116 valence electrons. The fraction of sp³-hybridized carbons (Fsp3) is 0.571. The van der Waals surface area contributed by atoms with Crippen molar-refractivity contribution in [3.05, 3.63) is 38.9 Å². The predicted molar refractivity (Wildman–Crippen MR) is 85.2 cm³/mol. The first-order valence-corrected chi connectivity index (χ1v) is 7.32. The zero-order valence-electron chi connectivity index (χ0n) is 11.7. The standard InChI is InChI=1S/C14H18ClN3O2.ClH/c15-12-2-1-11(13(7-12)18(19)20)8-17-6-4-14(10-17)3-5-16-9-14;/h1-2,7,16H,3-6,8-10H2;1H. The molecule has 3 rings (SSSR count). The first-order chi connectivity index (χ1) is 9.58. The van der Waals surface area contributed by atoms with Gasteiger partial charge in [0.05, 0.1) is 4.92 Å². The van der Waals surface area contributed by atoms with E-state index < -0.39 is 0 Å². The Bertz CT molecular complexity index is 533. The first kappa shape index (κ1) is 16.5. The Labute approximate surface area is 135 Å². The van der Waals surface area contributed by atoms with Gasteiger partial charge in [-0.3, -0.25) is 15.0 Å². The second-order valence-corrected chi connectivity index (χ2v) is 6.35. The van der Waals surface area contributed by atoms with E-state index in [1.54, 1.807) is 12.1 Å². The third-order valence-electron chi connectivity index (χ3n) is 4.49. The van der Waals surface area contributed by atoms with Crippen LogP contribution in [0.4, 0.5) is 5.69 Å². The van der Waals surface area contributed by atoms with Crippen LogP contribution < -0.4 is 5.32 Å². The van der Waals surface area contributed by atoms with Gasteiger partial charge in [0.1, 0.15) is 0 Å². The molecule has 2 aliphatic rings. The highest BCUT2D eigenvalue weighted by Crippen LogP contribution is 2.37. The van der Waals surface area contributed by atoms with Gasteiger partial charge in [-0.15, -0.1) is 12.4 Å². The molecule has 1 aromatic carbocycles. The van der Waals surface area contributed by atoms with Crippen molar-refractivity contribution >= 4 is 29.7 Å². The number of hydrogen-bond donors (Lipinski definition) is 1. The number of hydrogen-bond acceptors (Lipinski definition) is 4.